The number of nitrogens with one attached hydrogen (secondary N) is 2. The van der Waals surface area contributed by atoms with Gasteiger partial charge in [0, 0.05) is 29.1 Å². The van der Waals surface area contributed by atoms with Gasteiger partial charge in [0.05, 0.1) is 0 Å². The summed E-state index contributed by atoms with van der Waals surface area (Å²) in [6.07, 6.45) is 1.51. The number of aromatic nitrogens is 3. The number of carbonyl (C=O) groups is 2. The molecule has 4 aromatic rings. The third kappa shape index (κ3) is 5.19. The van der Waals surface area contributed by atoms with E-state index >= 15 is 4.39 Å². The number of nitrogens with zero attached hydrogens (tertiary/aromatic N) is 3. The van der Waals surface area contributed by atoms with E-state index in [4.69, 9.17) is 5.73 Å². The second kappa shape index (κ2) is 10.5. The minimum atomic E-state index is -0.723. The van der Waals surface area contributed by atoms with Crippen molar-refractivity contribution in [2.45, 2.75) is 66.3 Å². The number of nitrogens with two attached hydrogens (primary N) is 1. The van der Waals surface area contributed by atoms with E-state index in [2.05, 4.69) is 53.6 Å². The molecule has 0 fully saturated rings. The maximum Gasteiger partial charge on any atom is 0.257 e. The summed E-state index contributed by atoms with van der Waals surface area (Å²) in [5, 5.41) is 10.7. The predicted molar refractivity (Wildman–Crippen MR) is 159 cm³/mol. The van der Waals surface area contributed by atoms with Crippen LogP contribution in [0.25, 0.3) is 11.3 Å². The van der Waals surface area contributed by atoms with E-state index in [0.717, 1.165) is 28.9 Å². The third-order valence-corrected chi connectivity index (χ3v) is 7.72. The number of fused-ring (bicyclic) bond motifs is 2. The van der Waals surface area contributed by atoms with Gasteiger partial charge in [-0.05, 0) is 78.6 Å². The third-order valence-electron chi connectivity index (χ3n) is 7.72. The molecule has 2 aromatic carbocycles. The van der Waals surface area contributed by atoms with E-state index in [1.54, 1.807) is 10.7 Å². The maximum absolute atomic E-state index is 15.9. The van der Waals surface area contributed by atoms with Gasteiger partial charge in [0.2, 0.25) is 0 Å². The largest absolute Gasteiger partial charge is 0.365 e. The standard InChI is InChI=1S/C32H35FN6O2/c1-7-19-8-13-25(35-18(19)3)37-31(41)22-10-11-23(27(33)17(22)2)28-26(29(34)40)30-36-24-12-9-21(32(4,5)6)16-20(24)14-15-39(30)38-28/h8-13,16,36H,7,14-15H2,1-6H3,(H2,34,40)(H,35,37,41). The highest BCUT2D eigenvalue weighted by Gasteiger charge is 2.29. The number of aryl methyl sites for hydroxylation is 4. The Hall–Kier alpha value is -4.53. The molecule has 212 valence electrons. The number of halogens is 1. The molecule has 41 heavy (non-hydrogen) atoms. The minimum absolute atomic E-state index is 0.00590. The fraction of sp³-hybridized carbons (Fsp3) is 0.312. The molecule has 0 radical (unpaired) electrons. The van der Waals surface area contributed by atoms with Crippen LogP contribution < -0.4 is 16.4 Å². The molecular weight excluding hydrogens is 519 g/mol. The van der Waals surface area contributed by atoms with E-state index < -0.39 is 17.6 Å². The van der Waals surface area contributed by atoms with Crippen molar-refractivity contribution < 1.29 is 14.0 Å². The van der Waals surface area contributed by atoms with Crippen LogP contribution in [-0.2, 0) is 24.8 Å². The number of rotatable bonds is 5. The summed E-state index contributed by atoms with van der Waals surface area (Å²) in [4.78, 5) is 30.2. The van der Waals surface area contributed by atoms with Gasteiger partial charge in [-0.15, -0.1) is 0 Å². The van der Waals surface area contributed by atoms with Crippen LogP contribution in [0.2, 0.25) is 0 Å². The Morgan fingerprint density at radius 3 is 2.54 bits per heavy atom. The van der Waals surface area contributed by atoms with Gasteiger partial charge in [-0.1, -0.05) is 45.9 Å². The summed E-state index contributed by atoms with van der Waals surface area (Å²) in [6.45, 7) is 12.4. The normalized spacial score (nSPS) is 12.7. The zero-order chi connectivity index (χ0) is 29.6. The lowest BCUT2D eigenvalue weighted by molar-refractivity contribution is 0.0998. The predicted octanol–water partition coefficient (Wildman–Crippen LogP) is 6.21. The molecule has 4 N–H and O–H groups in total. The Labute approximate surface area is 239 Å². The number of benzene rings is 2. The van der Waals surface area contributed by atoms with Gasteiger partial charge >= 0.3 is 0 Å². The van der Waals surface area contributed by atoms with Gasteiger partial charge in [-0.25, -0.2) is 14.1 Å². The average molecular weight is 555 g/mol. The molecule has 0 spiro atoms. The molecule has 0 unspecified atom stereocenters. The molecule has 1 aliphatic rings. The van der Waals surface area contributed by atoms with E-state index in [1.165, 1.54) is 24.6 Å². The van der Waals surface area contributed by atoms with Crippen molar-refractivity contribution in [3.63, 3.8) is 0 Å². The van der Waals surface area contributed by atoms with E-state index in [1.807, 2.05) is 26.0 Å². The first-order valence-electron chi connectivity index (χ1n) is 13.8. The molecule has 9 heteroatoms. The zero-order valence-corrected chi connectivity index (χ0v) is 24.3. The van der Waals surface area contributed by atoms with Crippen molar-refractivity contribution in [3.05, 3.63) is 87.4 Å². The summed E-state index contributed by atoms with van der Waals surface area (Å²) in [6, 6.07) is 12.9. The molecular formula is C32H35FN6O2. The van der Waals surface area contributed by atoms with Crippen molar-refractivity contribution in [2.24, 2.45) is 5.73 Å². The van der Waals surface area contributed by atoms with E-state index in [9.17, 15) is 9.59 Å². The van der Waals surface area contributed by atoms with Gasteiger partial charge in [0.25, 0.3) is 11.8 Å². The summed E-state index contributed by atoms with van der Waals surface area (Å²) < 4.78 is 17.5. The summed E-state index contributed by atoms with van der Waals surface area (Å²) in [5.74, 6) is -1.03. The quantitative estimate of drug-likeness (QED) is 0.271. The highest BCUT2D eigenvalue weighted by Crippen LogP contribution is 2.37. The fourth-order valence-corrected chi connectivity index (χ4v) is 5.25. The Bertz CT molecular complexity index is 1700. The van der Waals surface area contributed by atoms with Crippen LogP contribution in [0.3, 0.4) is 0 Å². The topological polar surface area (TPSA) is 115 Å². The number of pyridine rings is 1. The summed E-state index contributed by atoms with van der Waals surface area (Å²) >= 11 is 0. The Morgan fingerprint density at radius 2 is 1.88 bits per heavy atom. The molecule has 0 aliphatic carbocycles. The van der Waals surface area contributed by atoms with Crippen molar-refractivity contribution in [3.8, 4) is 11.3 Å². The van der Waals surface area contributed by atoms with Gasteiger partial charge in [0.15, 0.2) is 0 Å². The molecule has 1 aliphatic heterocycles. The number of primary amides is 1. The first kappa shape index (κ1) is 28.0. The maximum atomic E-state index is 15.9. The highest BCUT2D eigenvalue weighted by atomic mass is 19.1. The first-order valence-corrected chi connectivity index (χ1v) is 13.8. The van der Waals surface area contributed by atoms with Crippen LogP contribution >= 0.6 is 0 Å². The number of hydrogen-bond donors (Lipinski definition) is 3. The average Bonchev–Trinajstić information content (AvgIpc) is 3.17. The number of amides is 2. The first-order chi connectivity index (χ1) is 19.4. The Balaban J connectivity index is 1.50. The molecule has 0 saturated heterocycles. The number of carbonyl (C=O) groups excluding carboxylic acids is 2. The zero-order valence-electron chi connectivity index (χ0n) is 24.3. The molecule has 0 atom stereocenters. The van der Waals surface area contributed by atoms with Gasteiger partial charge in [0.1, 0.15) is 28.7 Å². The van der Waals surface area contributed by atoms with Crippen LogP contribution in [0, 0.1) is 19.7 Å². The second-order valence-electron chi connectivity index (χ2n) is 11.5. The van der Waals surface area contributed by atoms with Gasteiger partial charge in [-0.2, -0.15) is 5.10 Å². The van der Waals surface area contributed by atoms with Crippen LogP contribution in [-0.4, -0.2) is 26.6 Å². The van der Waals surface area contributed by atoms with Gasteiger partial charge < -0.3 is 16.4 Å². The molecule has 8 nitrogen and oxygen atoms in total. The Morgan fingerprint density at radius 1 is 1.12 bits per heavy atom. The van der Waals surface area contributed by atoms with Crippen LogP contribution in [0.1, 0.15) is 76.4 Å². The molecule has 0 bridgehead atoms. The smallest absolute Gasteiger partial charge is 0.257 e. The fourth-order valence-electron chi connectivity index (χ4n) is 5.25. The number of hydrogen-bond acceptors (Lipinski definition) is 5. The van der Waals surface area contributed by atoms with E-state index in [0.29, 0.717) is 24.6 Å². The molecule has 5 rings (SSSR count). The second-order valence-corrected chi connectivity index (χ2v) is 11.5. The lowest BCUT2D eigenvalue weighted by Crippen LogP contribution is -2.16. The van der Waals surface area contributed by atoms with Crippen LogP contribution in [0.5, 0.6) is 0 Å². The molecule has 2 amide bonds. The van der Waals surface area contributed by atoms with E-state index in [-0.39, 0.29) is 33.4 Å². The van der Waals surface area contributed by atoms with Gasteiger partial charge in [-0.3, -0.25) is 9.59 Å². The van der Waals surface area contributed by atoms with Crippen LogP contribution in [0.15, 0.2) is 42.5 Å². The SMILES string of the molecule is CCc1ccc(NC(=O)c2ccc(-c3nn4c(c3C(N)=O)Nc3ccc(C(C)(C)C)cc3CC4)c(F)c2C)nc1C. The summed E-state index contributed by atoms with van der Waals surface area (Å²) in [7, 11) is 0. The van der Waals surface area contributed by atoms with Crippen molar-refractivity contribution in [2.75, 3.05) is 10.6 Å². The lowest BCUT2D eigenvalue weighted by Gasteiger charge is -2.21. The number of anilines is 3. The summed E-state index contributed by atoms with van der Waals surface area (Å²) in [5.41, 5.74) is 11.5. The van der Waals surface area contributed by atoms with Crippen LogP contribution in [0.4, 0.5) is 21.7 Å². The lowest BCUT2D eigenvalue weighted by atomic mass is 9.85. The van der Waals surface area contributed by atoms with Crippen molar-refractivity contribution >= 4 is 29.1 Å². The van der Waals surface area contributed by atoms with Crippen molar-refractivity contribution in [1.29, 1.82) is 0 Å². The molecule has 0 saturated carbocycles. The molecule has 2 aromatic heterocycles. The minimum Gasteiger partial charge on any atom is -0.365 e. The monoisotopic (exact) mass is 554 g/mol. The van der Waals surface area contributed by atoms with Crippen molar-refractivity contribution in [1.82, 2.24) is 14.8 Å². The molecule has 3 heterocycles. The Kier molecular flexibility index (Phi) is 7.15. The highest BCUT2D eigenvalue weighted by molar-refractivity contribution is 6.07.